The Morgan fingerprint density at radius 3 is 2.50 bits per heavy atom. The largest absolute Gasteiger partial charge is 0.359 e. The molecule has 0 radical (unpaired) electrons. The third kappa shape index (κ3) is 3.64. The monoisotopic (exact) mass is 165 g/mol. The van der Waals surface area contributed by atoms with Crippen molar-refractivity contribution in [2.75, 3.05) is 27.0 Å². The fraction of sp³-hybridized carbons (Fsp3) is 0.800. The molecule has 4 nitrogen and oxygen atoms in total. The first-order valence-electron chi connectivity index (χ1n) is 2.84. The Kier molecular flexibility index (Phi) is 3.61. The van der Waals surface area contributed by atoms with Gasteiger partial charge in [-0.1, -0.05) is 0 Å². The lowest BCUT2D eigenvalue weighted by molar-refractivity contribution is -0.118. The number of rotatable bonds is 3. The van der Waals surface area contributed by atoms with Crippen molar-refractivity contribution in [1.82, 2.24) is 5.32 Å². The van der Waals surface area contributed by atoms with Gasteiger partial charge < -0.3 is 9.84 Å². The molecule has 10 heavy (non-hydrogen) atoms. The molecule has 1 unspecified atom stereocenters. The van der Waals surface area contributed by atoms with E-state index in [1.54, 1.807) is 0 Å². The van der Waals surface area contributed by atoms with Crippen LogP contribution in [0.1, 0.15) is 0 Å². The molecule has 0 spiro atoms. The number of hydrogen-bond acceptors (Lipinski definition) is 3. The predicted molar refractivity (Wildman–Crippen MR) is 39.5 cm³/mol. The van der Waals surface area contributed by atoms with E-state index in [4.69, 9.17) is 0 Å². The Labute approximate surface area is 60.4 Å². The van der Waals surface area contributed by atoms with Crippen molar-refractivity contribution in [3.8, 4) is 0 Å². The lowest BCUT2D eigenvalue weighted by Crippen LogP contribution is -2.21. The topological polar surface area (TPSA) is 55.4 Å². The smallest absolute Gasteiger partial charge is 0.229 e. The van der Waals surface area contributed by atoms with E-state index in [1.807, 2.05) is 0 Å². The molecule has 5 heteroatoms. The van der Waals surface area contributed by atoms with Gasteiger partial charge in [0.2, 0.25) is 13.3 Å². The van der Waals surface area contributed by atoms with Crippen LogP contribution >= 0.6 is 7.37 Å². The van der Waals surface area contributed by atoms with E-state index in [0.29, 0.717) is 0 Å². The van der Waals surface area contributed by atoms with Gasteiger partial charge in [0, 0.05) is 20.8 Å². The molecule has 0 aliphatic heterocycles. The molecule has 1 amide bonds. The lowest BCUT2D eigenvalue weighted by atomic mass is 10.7. The third-order valence-electron chi connectivity index (χ3n) is 1.10. The Morgan fingerprint density at radius 2 is 2.20 bits per heavy atom. The molecule has 1 N–H and O–H groups in total. The minimum absolute atomic E-state index is 0.0417. The van der Waals surface area contributed by atoms with Crippen LogP contribution in [0.4, 0.5) is 0 Å². The summed E-state index contributed by atoms with van der Waals surface area (Å²) < 4.78 is 15.7. The number of carbonyl (C=O) groups excluding carboxylic acids is 1. The highest BCUT2D eigenvalue weighted by molar-refractivity contribution is 7.59. The van der Waals surface area contributed by atoms with Crippen LogP contribution in [0.2, 0.25) is 0 Å². The fourth-order valence-corrected chi connectivity index (χ4v) is 1.21. The molecular weight excluding hydrogens is 153 g/mol. The van der Waals surface area contributed by atoms with Gasteiger partial charge in [-0.05, 0) is 0 Å². The Hall–Kier alpha value is -0.340. The molecule has 0 aromatic rings. The molecule has 0 fully saturated rings. The zero-order valence-electron chi connectivity index (χ0n) is 6.38. The van der Waals surface area contributed by atoms with Crippen molar-refractivity contribution < 1.29 is 13.9 Å². The normalized spacial score (nSPS) is 15.9. The van der Waals surface area contributed by atoms with Crippen LogP contribution in [-0.2, 0) is 13.9 Å². The van der Waals surface area contributed by atoms with E-state index >= 15 is 0 Å². The van der Waals surface area contributed by atoms with E-state index in [2.05, 4.69) is 9.84 Å². The van der Waals surface area contributed by atoms with Gasteiger partial charge in [0.25, 0.3) is 0 Å². The van der Waals surface area contributed by atoms with Crippen molar-refractivity contribution >= 4 is 13.3 Å². The average molecular weight is 165 g/mol. The van der Waals surface area contributed by atoms with Gasteiger partial charge in [0.05, 0.1) is 0 Å². The van der Waals surface area contributed by atoms with Crippen molar-refractivity contribution in [2.24, 2.45) is 0 Å². The summed E-state index contributed by atoms with van der Waals surface area (Å²) in [5, 5.41) is 2.36. The molecule has 0 rings (SSSR count). The van der Waals surface area contributed by atoms with Crippen LogP contribution < -0.4 is 5.32 Å². The van der Waals surface area contributed by atoms with E-state index in [0.717, 1.165) is 0 Å². The first-order chi connectivity index (χ1) is 4.52. The second kappa shape index (κ2) is 3.74. The molecule has 0 aliphatic rings. The highest BCUT2D eigenvalue weighted by atomic mass is 31.2. The Morgan fingerprint density at radius 1 is 1.70 bits per heavy atom. The van der Waals surface area contributed by atoms with E-state index < -0.39 is 7.37 Å². The van der Waals surface area contributed by atoms with Crippen molar-refractivity contribution in [3.05, 3.63) is 0 Å². The number of amides is 1. The maximum atomic E-state index is 11.1. The first kappa shape index (κ1) is 9.66. The van der Waals surface area contributed by atoms with Crippen molar-refractivity contribution in [3.63, 3.8) is 0 Å². The first-order valence-corrected chi connectivity index (χ1v) is 5.10. The minimum Gasteiger partial charge on any atom is -0.359 e. The van der Waals surface area contributed by atoms with Crippen LogP contribution in [0.15, 0.2) is 0 Å². The molecule has 1 atom stereocenters. The molecule has 60 valence electrons. The molecule has 0 saturated carbocycles. The highest BCUT2D eigenvalue weighted by Gasteiger charge is 2.17. The van der Waals surface area contributed by atoms with Gasteiger partial charge in [-0.25, -0.2) is 0 Å². The Balaban J connectivity index is 3.89. The fourth-order valence-electron chi connectivity index (χ4n) is 0.404. The summed E-state index contributed by atoms with van der Waals surface area (Å²) in [6, 6.07) is 0. The summed E-state index contributed by atoms with van der Waals surface area (Å²) in [6.45, 7) is 1.43. The lowest BCUT2D eigenvalue weighted by Gasteiger charge is -2.07. The molecule has 0 aliphatic carbocycles. The van der Waals surface area contributed by atoms with Gasteiger partial charge in [0.15, 0.2) is 0 Å². The van der Waals surface area contributed by atoms with Crippen LogP contribution in [0.3, 0.4) is 0 Å². The van der Waals surface area contributed by atoms with Crippen LogP contribution in [-0.4, -0.2) is 32.9 Å². The quantitative estimate of drug-likeness (QED) is 0.611. The molecule has 0 aromatic carbocycles. The second-order valence-electron chi connectivity index (χ2n) is 2.03. The number of hydrogen-bond donors (Lipinski definition) is 1. The van der Waals surface area contributed by atoms with Crippen LogP contribution in [0.25, 0.3) is 0 Å². The van der Waals surface area contributed by atoms with E-state index in [9.17, 15) is 9.36 Å². The molecule has 0 heterocycles. The van der Waals surface area contributed by atoms with Crippen LogP contribution in [0, 0.1) is 0 Å². The van der Waals surface area contributed by atoms with Gasteiger partial charge in [-0.15, -0.1) is 0 Å². The average Bonchev–Trinajstić information content (AvgIpc) is 1.87. The van der Waals surface area contributed by atoms with Crippen molar-refractivity contribution in [1.29, 1.82) is 0 Å². The Bertz CT molecular complexity index is 168. The highest BCUT2D eigenvalue weighted by Crippen LogP contribution is 2.40. The summed E-state index contributed by atoms with van der Waals surface area (Å²) in [5.74, 6) is -0.257. The predicted octanol–water partition coefficient (Wildman–Crippen LogP) is 0.287. The van der Waals surface area contributed by atoms with Gasteiger partial charge in [0.1, 0.15) is 6.16 Å². The summed E-state index contributed by atoms with van der Waals surface area (Å²) in [5.41, 5.74) is 0. The summed E-state index contributed by atoms with van der Waals surface area (Å²) in [4.78, 5) is 10.6. The van der Waals surface area contributed by atoms with Crippen LogP contribution in [0.5, 0.6) is 0 Å². The second-order valence-corrected chi connectivity index (χ2v) is 4.74. The van der Waals surface area contributed by atoms with Gasteiger partial charge >= 0.3 is 0 Å². The SMILES string of the molecule is CNC(=O)CP(C)(=O)OC. The maximum absolute atomic E-state index is 11.1. The van der Waals surface area contributed by atoms with E-state index in [1.165, 1.54) is 20.8 Å². The third-order valence-corrected chi connectivity index (χ3v) is 2.73. The number of carbonyl (C=O) groups is 1. The summed E-state index contributed by atoms with van der Waals surface area (Å²) in [7, 11) is 0.177. The molecule has 0 saturated heterocycles. The molecule has 0 bridgehead atoms. The number of nitrogens with one attached hydrogen (secondary N) is 1. The van der Waals surface area contributed by atoms with Gasteiger partial charge in [-0.3, -0.25) is 9.36 Å². The summed E-state index contributed by atoms with van der Waals surface area (Å²) in [6.07, 6.45) is -0.0417. The molecule has 0 aromatic heterocycles. The minimum atomic E-state index is -2.66. The zero-order chi connectivity index (χ0) is 8.20. The zero-order valence-corrected chi connectivity index (χ0v) is 7.27. The summed E-state index contributed by atoms with van der Waals surface area (Å²) >= 11 is 0. The standard InChI is InChI=1S/C5H12NO3P/c1-6-5(7)4-10(3,8)9-2/h4H2,1-3H3,(H,6,7). The maximum Gasteiger partial charge on any atom is 0.229 e. The molecular formula is C5H12NO3P. The van der Waals surface area contributed by atoms with E-state index in [-0.39, 0.29) is 12.1 Å². The van der Waals surface area contributed by atoms with Crippen molar-refractivity contribution in [2.45, 2.75) is 0 Å². The van der Waals surface area contributed by atoms with Gasteiger partial charge in [-0.2, -0.15) is 0 Å².